The van der Waals surface area contributed by atoms with Gasteiger partial charge in [-0.3, -0.25) is 14.5 Å². The second-order valence-electron chi connectivity index (χ2n) is 9.40. The molecular formula is C28H28N4O4S. The van der Waals surface area contributed by atoms with Gasteiger partial charge in [-0.2, -0.15) is 0 Å². The number of methoxy groups -OCH3 is 1. The Bertz CT molecular complexity index is 1560. The zero-order chi connectivity index (χ0) is 26.2. The lowest BCUT2D eigenvalue weighted by Gasteiger charge is -2.47. The van der Waals surface area contributed by atoms with Gasteiger partial charge in [0.05, 0.1) is 12.6 Å². The first-order valence-electron chi connectivity index (χ1n) is 11.9. The lowest BCUT2D eigenvalue weighted by atomic mass is 9.75. The number of nitrogens with two attached hydrogens (primary N) is 1. The zero-order valence-electron chi connectivity index (χ0n) is 20.6. The van der Waals surface area contributed by atoms with Crippen molar-refractivity contribution in [3.63, 3.8) is 0 Å². The number of para-hydroxylation sites is 2. The topological polar surface area (TPSA) is 115 Å². The summed E-state index contributed by atoms with van der Waals surface area (Å²) < 4.78 is 34.1. The Morgan fingerprint density at radius 3 is 2.46 bits per heavy atom. The minimum absolute atomic E-state index is 0.0770. The van der Waals surface area contributed by atoms with E-state index in [1.54, 1.807) is 54.6 Å². The van der Waals surface area contributed by atoms with Crippen molar-refractivity contribution >= 4 is 32.5 Å². The van der Waals surface area contributed by atoms with Crippen molar-refractivity contribution in [3.8, 4) is 5.75 Å². The molecule has 4 aromatic rings. The van der Waals surface area contributed by atoms with Crippen molar-refractivity contribution in [1.29, 1.82) is 0 Å². The van der Waals surface area contributed by atoms with E-state index in [9.17, 15) is 13.2 Å². The van der Waals surface area contributed by atoms with Crippen molar-refractivity contribution in [2.75, 3.05) is 24.9 Å². The number of aromatic nitrogens is 1. The van der Waals surface area contributed by atoms with Crippen LogP contribution in [0.5, 0.6) is 5.75 Å². The highest BCUT2D eigenvalue weighted by Crippen LogP contribution is 2.38. The molecule has 3 N–H and O–H groups in total. The number of sulfonamides is 1. The van der Waals surface area contributed by atoms with Gasteiger partial charge in [0.1, 0.15) is 10.6 Å². The van der Waals surface area contributed by atoms with Gasteiger partial charge in [0.15, 0.2) is 0 Å². The van der Waals surface area contributed by atoms with Gasteiger partial charge in [-0.05, 0) is 49.4 Å². The van der Waals surface area contributed by atoms with E-state index in [1.807, 2.05) is 43.3 Å². The molecule has 37 heavy (non-hydrogen) atoms. The standard InChI is InChI=1S/C28H28N4O4S/c1-28(29,23-9-3-4-10-24(23)36-2)21-17-32(18-21)27(33)20-12-14-22(15-13-20)31-37(34,35)25-11-5-7-19-8-6-16-30-26(19)25/h3-16,21,31H,17-18,29H2,1-2H3. The molecule has 0 bridgehead atoms. The number of benzene rings is 3. The summed E-state index contributed by atoms with van der Waals surface area (Å²) in [6.07, 6.45) is 1.56. The molecule has 9 heteroatoms. The monoisotopic (exact) mass is 516 g/mol. The molecule has 0 spiro atoms. The Balaban J connectivity index is 1.26. The molecule has 1 aromatic heterocycles. The lowest BCUT2D eigenvalue weighted by molar-refractivity contribution is 0.0318. The first kappa shape index (κ1) is 24.7. The van der Waals surface area contributed by atoms with Crippen molar-refractivity contribution in [2.45, 2.75) is 17.4 Å². The molecule has 2 heterocycles. The molecule has 1 saturated heterocycles. The summed E-state index contributed by atoms with van der Waals surface area (Å²) in [5, 5.41) is 0.735. The summed E-state index contributed by atoms with van der Waals surface area (Å²) in [5.41, 5.74) is 8.19. The summed E-state index contributed by atoms with van der Waals surface area (Å²) in [6, 6.07) is 22.7. The average Bonchev–Trinajstić information content (AvgIpc) is 2.87. The number of hydrogen-bond donors (Lipinski definition) is 2. The van der Waals surface area contributed by atoms with Crippen molar-refractivity contribution in [1.82, 2.24) is 9.88 Å². The number of fused-ring (bicyclic) bond motifs is 1. The number of nitrogens with zero attached hydrogens (tertiary/aromatic N) is 2. The van der Waals surface area contributed by atoms with Crippen LogP contribution in [0.25, 0.3) is 10.9 Å². The molecule has 0 aliphatic carbocycles. The van der Waals surface area contributed by atoms with Gasteiger partial charge < -0.3 is 15.4 Å². The molecule has 5 rings (SSSR count). The Morgan fingerprint density at radius 2 is 1.73 bits per heavy atom. The molecular weight excluding hydrogens is 488 g/mol. The molecule has 1 fully saturated rings. The van der Waals surface area contributed by atoms with Crippen molar-refractivity contribution in [2.24, 2.45) is 11.7 Å². The number of pyridine rings is 1. The quantitative estimate of drug-likeness (QED) is 0.384. The van der Waals surface area contributed by atoms with Crippen LogP contribution in [0.2, 0.25) is 0 Å². The summed E-state index contributed by atoms with van der Waals surface area (Å²) in [5.74, 6) is 0.683. The third-order valence-corrected chi connectivity index (χ3v) is 8.39. The molecule has 190 valence electrons. The van der Waals surface area contributed by atoms with Gasteiger partial charge >= 0.3 is 0 Å². The number of carbonyl (C=O) groups is 1. The van der Waals surface area contributed by atoms with E-state index in [-0.39, 0.29) is 16.7 Å². The van der Waals surface area contributed by atoms with Crippen molar-refractivity contribution < 1.29 is 17.9 Å². The van der Waals surface area contributed by atoms with Crippen LogP contribution in [-0.2, 0) is 15.6 Å². The number of carbonyl (C=O) groups excluding carboxylic acids is 1. The highest BCUT2D eigenvalue weighted by molar-refractivity contribution is 7.93. The van der Waals surface area contributed by atoms with Gasteiger partial charge in [-0.15, -0.1) is 0 Å². The number of ether oxygens (including phenoxy) is 1. The van der Waals surface area contributed by atoms with Crippen LogP contribution in [0.4, 0.5) is 5.69 Å². The molecule has 8 nitrogen and oxygen atoms in total. The van der Waals surface area contributed by atoms with Crippen LogP contribution in [-0.4, -0.2) is 44.4 Å². The van der Waals surface area contributed by atoms with E-state index in [0.717, 1.165) is 16.7 Å². The van der Waals surface area contributed by atoms with E-state index in [4.69, 9.17) is 10.5 Å². The van der Waals surface area contributed by atoms with Crippen LogP contribution >= 0.6 is 0 Å². The van der Waals surface area contributed by atoms with Gasteiger partial charge in [-0.25, -0.2) is 8.42 Å². The average molecular weight is 517 g/mol. The number of nitrogens with one attached hydrogen (secondary N) is 1. The maximum absolute atomic E-state index is 13.0. The maximum Gasteiger partial charge on any atom is 0.264 e. The molecule has 1 unspecified atom stereocenters. The normalized spacial score (nSPS) is 15.6. The SMILES string of the molecule is COc1ccccc1C(C)(N)C1CN(C(=O)c2ccc(NS(=O)(=O)c3cccc4cccnc34)cc2)C1. The highest BCUT2D eigenvalue weighted by Gasteiger charge is 2.43. The first-order valence-corrected chi connectivity index (χ1v) is 13.4. The number of anilines is 1. The van der Waals surface area contributed by atoms with E-state index >= 15 is 0 Å². The molecule has 1 atom stereocenters. The molecule has 1 aliphatic rings. The molecule has 1 aliphatic heterocycles. The Hall–Kier alpha value is -3.95. The minimum atomic E-state index is -3.87. The maximum atomic E-state index is 13.0. The third kappa shape index (κ3) is 4.63. The summed E-state index contributed by atoms with van der Waals surface area (Å²) in [4.78, 5) is 19.1. The number of amides is 1. The van der Waals surface area contributed by atoms with Gasteiger partial charge in [0.25, 0.3) is 15.9 Å². The number of hydrogen-bond acceptors (Lipinski definition) is 6. The van der Waals surface area contributed by atoms with E-state index in [1.165, 1.54) is 6.07 Å². The highest BCUT2D eigenvalue weighted by atomic mass is 32.2. The number of rotatable bonds is 7. The summed E-state index contributed by atoms with van der Waals surface area (Å²) in [7, 11) is -2.25. The largest absolute Gasteiger partial charge is 0.496 e. The van der Waals surface area contributed by atoms with E-state index < -0.39 is 15.6 Å². The van der Waals surface area contributed by atoms with Gasteiger partial charge in [-0.1, -0.05) is 36.4 Å². The number of likely N-dealkylation sites (tertiary alicyclic amines) is 1. The van der Waals surface area contributed by atoms with E-state index in [2.05, 4.69) is 9.71 Å². The second-order valence-corrected chi connectivity index (χ2v) is 11.1. The second kappa shape index (κ2) is 9.49. The Labute approximate surface area is 216 Å². The first-order chi connectivity index (χ1) is 17.7. The predicted octanol–water partition coefficient (Wildman–Crippen LogP) is 3.99. The third-order valence-electron chi connectivity index (χ3n) is 6.97. The Kier molecular flexibility index (Phi) is 6.35. The van der Waals surface area contributed by atoms with Crippen LogP contribution < -0.4 is 15.2 Å². The summed E-state index contributed by atoms with van der Waals surface area (Å²) in [6.45, 7) is 3.00. The molecule has 1 amide bonds. The zero-order valence-corrected chi connectivity index (χ0v) is 21.4. The molecule has 0 radical (unpaired) electrons. The minimum Gasteiger partial charge on any atom is -0.496 e. The molecule has 3 aromatic carbocycles. The van der Waals surface area contributed by atoms with Crippen LogP contribution in [0.1, 0.15) is 22.8 Å². The van der Waals surface area contributed by atoms with Gasteiger partial charge in [0.2, 0.25) is 0 Å². The summed E-state index contributed by atoms with van der Waals surface area (Å²) >= 11 is 0. The predicted molar refractivity (Wildman–Crippen MR) is 143 cm³/mol. The van der Waals surface area contributed by atoms with Gasteiger partial charge in [0, 0.05) is 52.9 Å². The van der Waals surface area contributed by atoms with Crippen LogP contribution in [0.3, 0.4) is 0 Å². The fourth-order valence-electron chi connectivity index (χ4n) is 4.70. The smallest absolute Gasteiger partial charge is 0.264 e. The van der Waals surface area contributed by atoms with Crippen molar-refractivity contribution in [3.05, 3.63) is 96.2 Å². The molecule has 0 saturated carbocycles. The van der Waals surface area contributed by atoms with Crippen LogP contribution in [0, 0.1) is 5.92 Å². The van der Waals surface area contributed by atoms with E-state index in [0.29, 0.717) is 29.9 Å². The Morgan fingerprint density at radius 1 is 1.03 bits per heavy atom. The lowest BCUT2D eigenvalue weighted by Crippen LogP contribution is -2.60. The fourth-order valence-corrected chi connectivity index (χ4v) is 5.94. The fraction of sp³-hybridized carbons (Fsp3) is 0.214. The van der Waals surface area contributed by atoms with Crippen LogP contribution in [0.15, 0.2) is 90.0 Å².